The lowest BCUT2D eigenvalue weighted by Gasteiger charge is -2.18. The van der Waals surface area contributed by atoms with E-state index >= 15 is 0 Å². The summed E-state index contributed by atoms with van der Waals surface area (Å²) in [5, 5.41) is 17.2. The molecule has 0 aromatic heterocycles. The van der Waals surface area contributed by atoms with E-state index in [4.69, 9.17) is 29.2 Å². The van der Waals surface area contributed by atoms with Crippen LogP contribution in [0.4, 0.5) is 0 Å². The molecular weight excluding hydrogens is 608 g/mol. The molecule has 2 aromatic carbocycles. The van der Waals surface area contributed by atoms with E-state index in [1.807, 2.05) is 88.4 Å². The van der Waals surface area contributed by atoms with Gasteiger partial charge in [-0.3, -0.25) is 24.0 Å². The fraction of sp³-hybridized carbons (Fsp3) is 0.528. The van der Waals surface area contributed by atoms with E-state index < -0.39 is 35.7 Å². The summed E-state index contributed by atoms with van der Waals surface area (Å²) in [5.41, 5.74) is 1.79. The smallest absolute Gasteiger partial charge is 0.309 e. The van der Waals surface area contributed by atoms with Crippen LogP contribution in [-0.2, 0) is 56.1 Å². The van der Waals surface area contributed by atoms with Gasteiger partial charge >= 0.3 is 29.8 Å². The number of esters is 4. The lowest BCUT2D eigenvalue weighted by atomic mass is 9.93. The highest BCUT2D eigenvalue weighted by molar-refractivity contribution is 5.81. The van der Waals surface area contributed by atoms with Gasteiger partial charge in [0.15, 0.2) is 0 Å². The molecule has 0 bridgehead atoms. The molecule has 260 valence electrons. The first kappa shape index (κ1) is 40.8. The van der Waals surface area contributed by atoms with Crippen molar-refractivity contribution in [3.05, 3.63) is 71.8 Å². The summed E-state index contributed by atoms with van der Waals surface area (Å²) in [6, 6.07) is 18.7. The molecular formula is C36H50O11. The zero-order valence-electron chi connectivity index (χ0n) is 27.9. The van der Waals surface area contributed by atoms with Crippen LogP contribution in [0.25, 0.3) is 0 Å². The summed E-state index contributed by atoms with van der Waals surface area (Å²) < 4.78 is 20.7. The van der Waals surface area contributed by atoms with E-state index in [0.717, 1.165) is 11.1 Å². The number of hydrogen-bond acceptors (Lipinski definition) is 10. The molecule has 11 nitrogen and oxygen atoms in total. The van der Waals surface area contributed by atoms with Crippen molar-refractivity contribution in [1.82, 2.24) is 0 Å². The van der Waals surface area contributed by atoms with Gasteiger partial charge < -0.3 is 29.2 Å². The Morgan fingerprint density at radius 1 is 0.596 bits per heavy atom. The molecule has 0 heterocycles. The third-order valence-corrected chi connectivity index (χ3v) is 7.05. The SMILES string of the molecule is CC(C)[C@H](CC(=O)OCc1ccccc1)C(=O)OCCCC(=O)O.CC(C)[C@H](CC(=O)OCc1ccccc1)C(=O)OCCCCO. The summed E-state index contributed by atoms with van der Waals surface area (Å²) >= 11 is 0. The number of ether oxygens (including phenoxy) is 4. The number of rotatable bonds is 20. The van der Waals surface area contributed by atoms with Gasteiger partial charge in [0.25, 0.3) is 0 Å². The third kappa shape index (κ3) is 19.1. The van der Waals surface area contributed by atoms with Crippen molar-refractivity contribution in [3.8, 4) is 0 Å². The largest absolute Gasteiger partial charge is 0.481 e. The predicted octanol–water partition coefficient (Wildman–Crippen LogP) is 5.51. The molecule has 0 saturated heterocycles. The molecule has 0 amide bonds. The van der Waals surface area contributed by atoms with E-state index in [1.165, 1.54) is 0 Å². The van der Waals surface area contributed by atoms with Gasteiger partial charge in [0, 0.05) is 13.0 Å². The topological polar surface area (TPSA) is 163 Å². The van der Waals surface area contributed by atoms with Crippen LogP contribution in [0.1, 0.15) is 77.3 Å². The Morgan fingerprint density at radius 3 is 1.36 bits per heavy atom. The second-order valence-electron chi connectivity index (χ2n) is 11.7. The van der Waals surface area contributed by atoms with E-state index in [-0.39, 0.29) is 76.5 Å². The summed E-state index contributed by atoms with van der Waals surface area (Å²) in [6.45, 7) is 8.16. The molecule has 0 fully saturated rings. The van der Waals surface area contributed by atoms with Crippen molar-refractivity contribution < 1.29 is 53.1 Å². The van der Waals surface area contributed by atoms with Gasteiger partial charge in [0.2, 0.25) is 0 Å². The van der Waals surface area contributed by atoms with Crippen LogP contribution in [-0.4, -0.2) is 59.9 Å². The fourth-order valence-electron chi connectivity index (χ4n) is 4.13. The second kappa shape index (κ2) is 24.0. The minimum Gasteiger partial charge on any atom is -0.481 e. The molecule has 11 heteroatoms. The second-order valence-corrected chi connectivity index (χ2v) is 11.7. The highest BCUT2D eigenvalue weighted by atomic mass is 16.5. The first-order valence-electron chi connectivity index (χ1n) is 16.0. The minimum atomic E-state index is -0.934. The average molecular weight is 659 g/mol. The standard InChI is InChI=1S/C18H24O6.C18H26O5/c1-13(2)15(18(22)23-10-6-9-16(19)20)11-17(21)24-12-14-7-4-3-5-8-14;1-14(2)16(18(21)22-11-7-6-10-19)12-17(20)23-13-15-8-4-3-5-9-15/h3-5,7-8,13,15H,6,9-12H2,1-2H3,(H,19,20);3-5,8-9,14,16,19H,6-7,10-13H2,1-2H3/t15-;16-/m00/s1. The molecule has 0 unspecified atom stereocenters. The predicted molar refractivity (Wildman–Crippen MR) is 173 cm³/mol. The summed E-state index contributed by atoms with van der Waals surface area (Å²) in [7, 11) is 0. The van der Waals surface area contributed by atoms with Crippen molar-refractivity contribution in [2.75, 3.05) is 19.8 Å². The lowest BCUT2D eigenvalue weighted by Crippen LogP contribution is -2.26. The van der Waals surface area contributed by atoms with Gasteiger partial charge in [-0.15, -0.1) is 0 Å². The van der Waals surface area contributed by atoms with Gasteiger partial charge in [-0.25, -0.2) is 0 Å². The molecule has 0 aliphatic rings. The third-order valence-electron chi connectivity index (χ3n) is 7.05. The van der Waals surface area contributed by atoms with Crippen molar-refractivity contribution >= 4 is 29.8 Å². The molecule has 0 saturated carbocycles. The molecule has 47 heavy (non-hydrogen) atoms. The molecule has 0 aliphatic heterocycles. The number of carboxylic acid groups (broad SMARTS) is 1. The Bertz CT molecular complexity index is 1200. The number of carbonyl (C=O) groups is 5. The molecule has 0 aliphatic carbocycles. The molecule has 0 radical (unpaired) electrons. The number of hydrogen-bond donors (Lipinski definition) is 2. The van der Waals surface area contributed by atoms with Crippen LogP contribution in [0.15, 0.2) is 60.7 Å². The maximum Gasteiger partial charge on any atom is 0.309 e. The van der Waals surface area contributed by atoms with Gasteiger partial charge in [0.1, 0.15) is 13.2 Å². The quantitative estimate of drug-likeness (QED) is 0.105. The van der Waals surface area contributed by atoms with Crippen molar-refractivity contribution in [3.63, 3.8) is 0 Å². The number of carbonyl (C=O) groups excluding carboxylic acids is 4. The molecule has 2 N–H and O–H groups in total. The van der Waals surface area contributed by atoms with Crippen LogP contribution in [0, 0.1) is 23.7 Å². The normalized spacial score (nSPS) is 11.9. The van der Waals surface area contributed by atoms with Crippen LogP contribution in [0.3, 0.4) is 0 Å². The number of benzene rings is 2. The van der Waals surface area contributed by atoms with E-state index in [0.29, 0.717) is 12.8 Å². The van der Waals surface area contributed by atoms with Gasteiger partial charge in [-0.1, -0.05) is 88.4 Å². The Hall–Kier alpha value is -4.25. The molecule has 2 aromatic rings. The van der Waals surface area contributed by atoms with Gasteiger partial charge in [0.05, 0.1) is 37.9 Å². The monoisotopic (exact) mass is 658 g/mol. The number of aliphatic hydroxyl groups excluding tert-OH is 1. The fourth-order valence-corrected chi connectivity index (χ4v) is 4.13. The van der Waals surface area contributed by atoms with Gasteiger partial charge in [-0.05, 0) is 42.2 Å². The summed E-state index contributed by atoms with van der Waals surface area (Å²) in [5.74, 6) is -3.87. The lowest BCUT2D eigenvalue weighted by molar-refractivity contribution is -0.157. The van der Waals surface area contributed by atoms with E-state index in [1.54, 1.807) is 0 Å². The highest BCUT2D eigenvalue weighted by Crippen LogP contribution is 2.20. The average Bonchev–Trinajstić information content (AvgIpc) is 3.05. The van der Waals surface area contributed by atoms with Crippen LogP contribution >= 0.6 is 0 Å². The Morgan fingerprint density at radius 2 is 1.00 bits per heavy atom. The molecule has 2 atom stereocenters. The van der Waals surface area contributed by atoms with E-state index in [2.05, 4.69) is 0 Å². The zero-order chi connectivity index (χ0) is 35.0. The Labute approximate surface area is 277 Å². The summed E-state index contributed by atoms with van der Waals surface area (Å²) in [4.78, 5) is 58.4. The number of carboxylic acids is 1. The highest BCUT2D eigenvalue weighted by Gasteiger charge is 2.28. The van der Waals surface area contributed by atoms with Crippen LogP contribution in [0.2, 0.25) is 0 Å². The van der Waals surface area contributed by atoms with Gasteiger partial charge in [-0.2, -0.15) is 0 Å². The van der Waals surface area contributed by atoms with Crippen LogP contribution in [0.5, 0.6) is 0 Å². The number of aliphatic hydroxyl groups is 1. The summed E-state index contributed by atoms with van der Waals surface area (Å²) in [6.07, 6.45) is 1.37. The zero-order valence-corrected chi connectivity index (χ0v) is 27.9. The first-order chi connectivity index (χ1) is 22.4. The minimum absolute atomic E-state index is 0.00961. The first-order valence-corrected chi connectivity index (χ1v) is 16.0. The Balaban J connectivity index is 0.000000470. The van der Waals surface area contributed by atoms with Crippen molar-refractivity contribution in [2.24, 2.45) is 23.7 Å². The molecule has 2 rings (SSSR count). The van der Waals surface area contributed by atoms with E-state index in [9.17, 15) is 24.0 Å². The number of aliphatic carboxylic acids is 1. The van der Waals surface area contributed by atoms with Crippen molar-refractivity contribution in [1.29, 1.82) is 0 Å². The maximum atomic E-state index is 12.1. The maximum absolute atomic E-state index is 12.1. The van der Waals surface area contributed by atoms with Crippen LogP contribution < -0.4 is 0 Å². The number of unbranched alkanes of at least 4 members (excludes halogenated alkanes) is 1. The Kier molecular flexibility index (Phi) is 20.8. The van der Waals surface area contributed by atoms with Crippen molar-refractivity contribution in [2.45, 2.75) is 79.4 Å². The molecule has 0 spiro atoms.